The van der Waals surface area contributed by atoms with Crippen molar-refractivity contribution in [1.82, 2.24) is 15.5 Å². The van der Waals surface area contributed by atoms with Gasteiger partial charge in [0.25, 0.3) is 0 Å². The van der Waals surface area contributed by atoms with Gasteiger partial charge < -0.3 is 16.0 Å². The van der Waals surface area contributed by atoms with Gasteiger partial charge in [0.05, 0.1) is 12.6 Å². The Kier molecular flexibility index (Phi) is 6.27. The third-order valence-electron chi connectivity index (χ3n) is 4.51. The Hall–Kier alpha value is -2.25. The Morgan fingerprint density at radius 2 is 2.00 bits per heavy atom. The molecule has 0 spiro atoms. The maximum atomic E-state index is 12.5. The smallest absolute Gasteiger partial charge is 0.238 e. The van der Waals surface area contributed by atoms with Gasteiger partial charge in [-0.05, 0) is 31.9 Å². The average Bonchev–Trinajstić information content (AvgIpc) is 2.57. The number of hydrogen-bond donors (Lipinski definition) is 3. The van der Waals surface area contributed by atoms with Gasteiger partial charge in [0, 0.05) is 37.9 Å². The molecule has 2 amide bonds. The fraction of sp³-hybridized carbons (Fsp3) is 0.500. The molecule has 1 atom stereocenters. The Bertz CT molecular complexity index is 687. The molecule has 0 radical (unpaired) electrons. The second-order valence-corrected chi connectivity index (χ2v) is 6.39. The van der Waals surface area contributed by atoms with Crippen LogP contribution in [0, 0.1) is 13.8 Å². The molecule has 3 N–H and O–H groups in total. The first kappa shape index (κ1) is 19.1. The number of rotatable bonds is 5. The van der Waals surface area contributed by atoms with Gasteiger partial charge in [0.15, 0.2) is 5.78 Å². The van der Waals surface area contributed by atoms with Crippen molar-refractivity contribution < 1.29 is 14.4 Å². The number of hydrogen-bond acceptors (Lipinski definition) is 5. The zero-order valence-corrected chi connectivity index (χ0v) is 15.2. The third kappa shape index (κ3) is 4.64. The Morgan fingerprint density at radius 3 is 2.64 bits per heavy atom. The first-order valence-corrected chi connectivity index (χ1v) is 8.41. The van der Waals surface area contributed by atoms with Crippen LogP contribution in [-0.4, -0.2) is 61.8 Å². The van der Waals surface area contributed by atoms with Gasteiger partial charge in [-0.1, -0.05) is 12.1 Å². The summed E-state index contributed by atoms with van der Waals surface area (Å²) in [6.45, 7) is 7.31. The van der Waals surface area contributed by atoms with Gasteiger partial charge >= 0.3 is 0 Å². The van der Waals surface area contributed by atoms with Crippen LogP contribution in [0.15, 0.2) is 12.1 Å². The minimum absolute atomic E-state index is 0.0245. The van der Waals surface area contributed by atoms with Gasteiger partial charge in [-0.25, -0.2) is 0 Å². The predicted octanol–water partition coefficient (Wildman–Crippen LogP) is 0.464. The zero-order valence-electron chi connectivity index (χ0n) is 15.2. The quantitative estimate of drug-likeness (QED) is 0.674. The van der Waals surface area contributed by atoms with Crippen molar-refractivity contribution in [2.75, 3.05) is 38.5 Å². The molecule has 1 fully saturated rings. The third-order valence-corrected chi connectivity index (χ3v) is 4.51. The van der Waals surface area contributed by atoms with Crippen molar-refractivity contribution in [3.05, 3.63) is 28.8 Å². The minimum Gasteiger partial charge on any atom is -0.358 e. The number of anilines is 1. The second-order valence-electron chi connectivity index (χ2n) is 6.39. The van der Waals surface area contributed by atoms with E-state index in [0.29, 0.717) is 30.9 Å². The summed E-state index contributed by atoms with van der Waals surface area (Å²) in [5.74, 6) is -0.251. The highest BCUT2D eigenvalue weighted by atomic mass is 16.2. The molecule has 0 saturated carbocycles. The van der Waals surface area contributed by atoms with Crippen molar-refractivity contribution in [2.24, 2.45) is 0 Å². The van der Waals surface area contributed by atoms with Gasteiger partial charge in [0.1, 0.15) is 0 Å². The molecule has 25 heavy (non-hydrogen) atoms. The van der Waals surface area contributed by atoms with Crippen molar-refractivity contribution in [2.45, 2.75) is 26.8 Å². The van der Waals surface area contributed by atoms with Crippen LogP contribution in [0.1, 0.15) is 28.4 Å². The number of ketones is 1. The lowest BCUT2D eigenvalue weighted by atomic mass is 10.00. The number of aryl methyl sites for hydroxylation is 1. The fourth-order valence-corrected chi connectivity index (χ4v) is 3.11. The lowest BCUT2D eigenvalue weighted by molar-refractivity contribution is -0.125. The van der Waals surface area contributed by atoms with Gasteiger partial charge in [-0.15, -0.1) is 0 Å². The van der Waals surface area contributed by atoms with Crippen LogP contribution >= 0.6 is 0 Å². The lowest BCUT2D eigenvalue weighted by Gasteiger charge is -2.32. The second kappa shape index (κ2) is 8.22. The molecule has 0 aromatic heterocycles. The van der Waals surface area contributed by atoms with Crippen LogP contribution in [0.4, 0.5) is 5.69 Å². The van der Waals surface area contributed by atoms with Crippen LogP contribution < -0.4 is 16.0 Å². The topological polar surface area (TPSA) is 90.5 Å². The van der Waals surface area contributed by atoms with Crippen LogP contribution in [0.25, 0.3) is 0 Å². The molecular weight excluding hydrogens is 320 g/mol. The van der Waals surface area contributed by atoms with Gasteiger partial charge in [-0.3, -0.25) is 19.3 Å². The van der Waals surface area contributed by atoms with Crippen molar-refractivity contribution in [3.8, 4) is 0 Å². The van der Waals surface area contributed by atoms with E-state index in [1.54, 1.807) is 13.1 Å². The van der Waals surface area contributed by atoms with E-state index >= 15 is 0 Å². The van der Waals surface area contributed by atoms with Crippen LogP contribution in [-0.2, 0) is 9.59 Å². The average molecular weight is 346 g/mol. The largest absolute Gasteiger partial charge is 0.358 e. The number of amides is 2. The number of carbonyl (C=O) groups excluding carboxylic acids is 3. The SMILES string of the molecule is CNC(=O)C1CN(CC(=O)Nc2c(C)ccc(C(C)=O)c2C)CCN1. The van der Waals surface area contributed by atoms with Crippen molar-refractivity contribution >= 4 is 23.3 Å². The lowest BCUT2D eigenvalue weighted by Crippen LogP contribution is -2.57. The molecule has 7 heteroatoms. The van der Waals surface area contributed by atoms with Crippen molar-refractivity contribution in [3.63, 3.8) is 0 Å². The Balaban J connectivity index is 2.04. The molecule has 2 rings (SSSR count). The maximum Gasteiger partial charge on any atom is 0.238 e. The van der Waals surface area contributed by atoms with Crippen LogP contribution in [0.3, 0.4) is 0 Å². The molecule has 1 aliphatic heterocycles. The molecule has 0 bridgehead atoms. The zero-order chi connectivity index (χ0) is 18.6. The van der Waals surface area contributed by atoms with E-state index in [2.05, 4.69) is 16.0 Å². The number of nitrogens with one attached hydrogen (secondary N) is 3. The molecule has 0 aliphatic carbocycles. The molecule has 136 valence electrons. The summed E-state index contributed by atoms with van der Waals surface area (Å²) < 4.78 is 0. The first-order chi connectivity index (χ1) is 11.8. The fourth-order valence-electron chi connectivity index (χ4n) is 3.11. The molecule has 1 unspecified atom stereocenters. The van der Waals surface area contributed by atoms with E-state index < -0.39 is 0 Å². The molecular formula is C18H26N4O3. The predicted molar refractivity (Wildman–Crippen MR) is 96.8 cm³/mol. The van der Waals surface area contributed by atoms with E-state index in [-0.39, 0.29) is 30.2 Å². The number of carbonyl (C=O) groups is 3. The number of piperazine rings is 1. The maximum absolute atomic E-state index is 12.5. The summed E-state index contributed by atoms with van der Waals surface area (Å²) in [5, 5.41) is 8.68. The number of benzene rings is 1. The van der Waals surface area contributed by atoms with E-state index in [1.165, 1.54) is 6.92 Å². The summed E-state index contributed by atoms with van der Waals surface area (Å²) in [7, 11) is 1.60. The minimum atomic E-state index is -0.309. The first-order valence-electron chi connectivity index (χ1n) is 8.41. The van der Waals surface area contributed by atoms with Crippen LogP contribution in [0.5, 0.6) is 0 Å². The Labute approximate surface area is 148 Å². The van der Waals surface area contributed by atoms with E-state index in [1.807, 2.05) is 24.8 Å². The number of nitrogens with zero attached hydrogens (tertiary/aromatic N) is 1. The molecule has 1 heterocycles. The summed E-state index contributed by atoms with van der Waals surface area (Å²) >= 11 is 0. The highest BCUT2D eigenvalue weighted by Crippen LogP contribution is 2.24. The number of Topliss-reactive ketones (excluding diaryl/α,β-unsaturated/α-hetero) is 1. The molecule has 7 nitrogen and oxygen atoms in total. The highest BCUT2D eigenvalue weighted by Gasteiger charge is 2.25. The number of likely N-dealkylation sites (N-methyl/N-ethyl adjacent to an activating group) is 1. The molecule has 1 aromatic rings. The standard InChI is InChI=1S/C18H26N4O3/c1-11-5-6-14(13(3)23)12(2)17(11)21-16(24)10-22-8-7-20-15(9-22)18(25)19-4/h5-6,15,20H,7-10H2,1-4H3,(H,19,25)(H,21,24). The highest BCUT2D eigenvalue weighted by molar-refractivity contribution is 6.00. The molecule has 1 aliphatic rings. The van der Waals surface area contributed by atoms with Crippen LogP contribution in [0.2, 0.25) is 0 Å². The summed E-state index contributed by atoms with van der Waals surface area (Å²) in [4.78, 5) is 37.8. The van der Waals surface area contributed by atoms with E-state index in [0.717, 1.165) is 11.1 Å². The van der Waals surface area contributed by atoms with E-state index in [9.17, 15) is 14.4 Å². The monoisotopic (exact) mass is 346 g/mol. The van der Waals surface area contributed by atoms with E-state index in [4.69, 9.17) is 0 Å². The summed E-state index contributed by atoms with van der Waals surface area (Å²) in [6.07, 6.45) is 0. The molecule has 1 saturated heterocycles. The summed E-state index contributed by atoms with van der Waals surface area (Å²) in [5.41, 5.74) is 3.00. The molecule has 1 aromatic carbocycles. The van der Waals surface area contributed by atoms with Crippen molar-refractivity contribution in [1.29, 1.82) is 0 Å². The van der Waals surface area contributed by atoms with Gasteiger partial charge in [-0.2, -0.15) is 0 Å². The summed E-state index contributed by atoms with van der Waals surface area (Å²) in [6, 6.07) is 3.31. The Morgan fingerprint density at radius 1 is 1.28 bits per heavy atom. The van der Waals surface area contributed by atoms with Gasteiger partial charge in [0.2, 0.25) is 11.8 Å². The normalized spacial score (nSPS) is 17.8.